The molecule has 0 bridgehead atoms. The quantitative estimate of drug-likeness (QED) is 0.356. The molecule has 0 radical (unpaired) electrons. The third-order valence-electron chi connectivity index (χ3n) is 2.32. The van der Waals surface area contributed by atoms with Crippen LogP contribution in [-0.4, -0.2) is 6.29 Å². The van der Waals surface area contributed by atoms with Crippen molar-refractivity contribution in [3.63, 3.8) is 0 Å². The minimum Gasteiger partial charge on any atom is -0.297 e. The molecule has 0 aromatic carbocycles. The predicted octanol–water partition coefficient (Wildman–Crippen LogP) is 2.22. The summed E-state index contributed by atoms with van der Waals surface area (Å²) in [5, 5.41) is 8.51. The molecule has 0 aliphatic heterocycles. The number of aldehydes is 1. The number of carbonyl (C=O) groups is 1. The molecule has 0 N–H and O–H groups in total. The molecule has 1 saturated carbocycles. The van der Waals surface area contributed by atoms with E-state index in [1.807, 2.05) is 12.1 Å². The van der Waals surface area contributed by atoms with E-state index in [-0.39, 0.29) is 0 Å². The van der Waals surface area contributed by atoms with E-state index in [2.05, 4.69) is 0 Å². The molecule has 0 amide bonds. The number of carbonyl (C=O) groups excluding carboxylic acids is 1. The van der Waals surface area contributed by atoms with Crippen molar-refractivity contribution >= 4 is 6.29 Å². The topological polar surface area (TPSA) is 40.9 Å². The van der Waals surface area contributed by atoms with Gasteiger partial charge in [-0.05, 0) is 18.8 Å². The standard InChI is InChI=1S/C10H13NO/c11-7-10(8-12)6-9-4-2-1-3-5-9/h6,8-9H,1-5H2. The van der Waals surface area contributed by atoms with Gasteiger partial charge in [0.1, 0.15) is 6.07 Å². The highest BCUT2D eigenvalue weighted by molar-refractivity contribution is 5.78. The average Bonchev–Trinajstić information content (AvgIpc) is 2.16. The molecule has 1 rings (SSSR count). The molecule has 0 saturated heterocycles. The molecule has 2 nitrogen and oxygen atoms in total. The molecule has 2 heteroatoms. The first-order chi connectivity index (χ1) is 5.86. The Morgan fingerprint density at radius 2 is 2.00 bits per heavy atom. The van der Waals surface area contributed by atoms with Gasteiger partial charge in [-0.25, -0.2) is 0 Å². The molecule has 12 heavy (non-hydrogen) atoms. The second-order valence-corrected chi connectivity index (χ2v) is 3.25. The van der Waals surface area contributed by atoms with Crippen LogP contribution < -0.4 is 0 Å². The van der Waals surface area contributed by atoms with Gasteiger partial charge in [0.15, 0.2) is 6.29 Å². The minimum absolute atomic E-state index is 0.293. The Hall–Kier alpha value is -1.10. The Morgan fingerprint density at radius 1 is 1.33 bits per heavy atom. The number of nitrogens with zero attached hydrogens (tertiary/aromatic N) is 1. The lowest BCUT2D eigenvalue weighted by Crippen LogP contribution is -2.03. The molecule has 64 valence electrons. The lowest BCUT2D eigenvalue weighted by molar-refractivity contribution is -0.104. The van der Waals surface area contributed by atoms with E-state index in [0.717, 1.165) is 12.8 Å². The van der Waals surface area contributed by atoms with Crippen LogP contribution in [0.1, 0.15) is 32.1 Å². The van der Waals surface area contributed by atoms with Gasteiger partial charge in [0, 0.05) is 0 Å². The van der Waals surface area contributed by atoms with Gasteiger partial charge in [0.2, 0.25) is 0 Å². The zero-order chi connectivity index (χ0) is 8.81. The summed E-state index contributed by atoms with van der Waals surface area (Å²) in [6.07, 6.45) is 8.52. The van der Waals surface area contributed by atoms with Crippen LogP contribution in [0.3, 0.4) is 0 Å². The Labute approximate surface area is 72.9 Å². The smallest absolute Gasteiger partial charge is 0.160 e. The Bertz CT molecular complexity index is 218. The molecule has 1 aliphatic rings. The maximum absolute atomic E-state index is 10.3. The summed E-state index contributed by atoms with van der Waals surface area (Å²) in [7, 11) is 0. The lowest BCUT2D eigenvalue weighted by atomic mass is 9.88. The summed E-state index contributed by atoms with van der Waals surface area (Å²) in [4.78, 5) is 10.3. The van der Waals surface area contributed by atoms with Gasteiger partial charge in [-0.1, -0.05) is 25.3 Å². The third-order valence-corrected chi connectivity index (χ3v) is 2.32. The van der Waals surface area contributed by atoms with E-state index in [0.29, 0.717) is 17.8 Å². The fourth-order valence-corrected chi connectivity index (χ4v) is 1.66. The number of hydrogen-bond acceptors (Lipinski definition) is 2. The summed E-state index contributed by atoms with van der Waals surface area (Å²) in [5.41, 5.74) is 0.293. The van der Waals surface area contributed by atoms with Crippen LogP contribution in [0.5, 0.6) is 0 Å². The maximum atomic E-state index is 10.3. The van der Waals surface area contributed by atoms with Crippen molar-refractivity contribution < 1.29 is 4.79 Å². The first-order valence-corrected chi connectivity index (χ1v) is 4.44. The minimum atomic E-state index is 0.293. The van der Waals surface area contributed by atoms with Crippen LogP contribution in [0.4, 0.5) is 0 Å². The first-order valence-electron chi connectivity index (χ1n) is 4.44. The van der Waals surface area contributed by atoms with Gasteiger partial charge in [0.25, 0.3) is 0 Å². The molecule has 1 aliphatic carbocycles. The lowest BCUT2D eigenvalue weighted by Gasteiger charge is -2.17. The fraction of sp³-hybridized carbons (Fsp3) is 0.600. The molecule has 0 heterocycles. The van der Waals surface area contributed by atoms with E-state index in [4.69, 9.17) is 5.26 Å². The predicted molar refractivity (Wildman–Crippen MR) is 46.3 cm³/mol. The summed E-state index contributed by atoms with van der Waals surface area (Å²) in [5.74, 6) is 0.471. The van der Waals surface area contributed by atoms with Gasteiger partial charge in [-0.2, -0.15) is 5.26 Å². The van der Waals surface area contributed by atoms with Crippen LogP contribution in [0.2, 0.25) is 0 Å². The average molecular weight is 163 g/mol. The Kier molecular flexibility index (Phi) is 3.53. The number of rotatable bonds is 2. The van der Waals surface area contributed by atoms with Gasteiger partial charge in [-0.15, -0.1) is 0 Å². The highest BCUT2D eigenvalue weighted by Gasteiger charge is 2.11. The molecule has 0 unspecified atom stereocenters. The second kappa shape index (κ2) is 4.71. The van der Waals surface area contributed by atoms with Gasteiger partial charge in [0.05, 0.1) is 5.57 Å². The Balaban J connectivity index is 2.52. The van der Waals surface area contributed by atoms with Crippen LogP contribution >= 0.6 is 0 Å². The van der Waals surface area contributed by atoms with Crippen LogP contribution in [-0.2, 0) is 4.79 Å². The fourth-order valence-electron chi connectivity index (χ4n) is 1.66. The van der Waals surface area contributed by atoms with Crippen molar-refractivity contribution in [2.24, 2.45) is 5.92 Å². The molecule has 0 aromatic heterocycles. The normalized spacial score (nSPS) is 20.1. The highest BCUT2D eigenvalue weighted by Crippen LogP contribution is 2.25. The molecular formula is C10H13NO. The first kappa shape index (κ1) is 8.99. The SMILES string of the molecule is N#CC(C=O)=CC1CCCCC1. The van der Waals surface area contributed by atoms with Crippen molar-refractivity contribution in [1.82, 2.24) is 0 Å². The maximum Gasteiger partial charge on any atom is 0.160 e. The monoisotopic (exact) mass is 163 g/mol. The zero-order valence-corrected chi connectivity index (χ0v) is 7.12. The molecule has 0 spiro atoms. The third kappa shape index (κ3) is 2.50. The summed E-state index contributed by atoms with van der Waals surface area (Å²) in [6.45, 7) is 0. The largest absolute Gasteiger partial charge is 0.297 e. The van der Waals surface area contributed by atoms with Crippen molar-refractivity contribution in [2.45, 2.75) is 32.1 Å². The van der Waals surface area contributed by atoms with Crippen molar-refractivity contribution in [2.75, 3.05) is 0 Å². The Morgan fingerprint density at radius 3 is 2.50 bits per heavy atom. The van der Waals surface area contributed by atoms with Crippen molar-refractivity contribution in [1.29, 1.82) is 5.26 Å². The number of allylic oxidation sites excluding steroid dienone is 2. The van der Waals surface area contributed by atoms with E-state index >= 15 is 0 Å². The van der Waals surface area contributed by atoms with Crippen LogP contribution in [0, 0.1) is 17.2 Å². The zero-order valence-electron chi connectivity index (χ0n) is 7.12. The van der Waals surface area contributed by atoms with Crippen molar-refractivity contribution in [3.05, 3.63) is 11.6 Å². The van der Waals surface area contributed by atoms with E-state index in [1.54, 1.807) is 0 Å². The van der Waals surface area contributed by atoms with Crippen LogP contribution in [0.25, 0.3) is 0 Å². The molecule has 0 atom stereocenters. The highest BCUT2D eigenvalue weighted by atomic mass is 16.1. The van der Waals surface area contributed by atoms with Crippen molar-refractivity contribution in [3.8, 4) is 6.07 Å². The van der Waals surface area contributed by atoms with Crippen LogP contribution in [0.15, 0.2) is 11.6 Å². The molecular weight excluding hydrogens is 150 g/mol. The molecule has 0 aromatic rings. The van der Waals surface area contributed by atoms with E-state index in [1.165, 1.54) is 19.3 Å². The summed E-state index contributed by atoms with van der Waals surface area (Å²) >= 11 is 0. The van der Waals surface area contributed by atoms with Gasteiger partial charge in [-0.3, -0.25) is 4.79 Å². The van der Waals surface area contributed by atoms with E-state index < -0.39 is 0 Å². The summed E-state index contributed by atoms with van der Waals surface area (Å²) in [6, 6.07) is 1.89. The number of hydrogen-bond donors (Lipinski definition) is 0. The van der Waals surface area contributed by atoms with E-state index in [9.17, 15) is 4.79 Å². The van der Waals surface area contributed by atoms with Gasteiger partial charge < -0.3 is 0 Å². The summed E-state index contributed by atoms with van der Waals surface area (Å²) < 4.78 is 0. The van der Waals surface area contributed by atoms with Gasteiger partial charge >= 0.3 is 0 Å². The number of nitriles is 1. The second-order valence-electron chi connectivity index (χ2n) is 3.25. The molecule has 1 fully saturated rings.